The predicted molar refractivity (Wildman–Crippen MR) is 62.7 cm³/mol. The van der Waals surface area contributed by atoms with E-state index in [4.69, 9.17) is 11.6 Å². The van der Waals surface area contributed by atoms with Crippen molar-refractivity contribution in [3.05, 3.63) is 48.6 Å². The Bertz CT molecular complexity index is 282. The molecule has 0 fully saturated rings. The van der Waals surface area contributed by atoms with Gasteiger partial charge in [-0.3, -0.25) is 0 Å². The van der Waals surface area contributed by atoms with Crippen molar-refractivity contribution in [3.8, 4) is 0 Å². The van der Waals surface area contributed by atoms with E-state index in [9.17, 15) is 0 Å². The first-order valence-electron chi connectivity index (χ1n) is 4.65. The molecule has 0 spiro atoms. The van der Waals surface area contributed by atoms with Gasteiger partial charge < -0.3 is 4.90 Å². The van der Waals surface area contributed by atoms with Crippen LogP contribution < -0.4 is 0 Å². The first-order valence-corrected chi connectivity index (χ1v) is 5.08. The van der Waals surface area contributed by atoms with E-state index < -0.39 is 0 Å². The Morgan fingerprint density at radius 3 is 2.29 bits per heavy atom. The van der Waals surface area contributed by atoms with Crippen molar-refractivity contribution in [2.75, 3.05) is 14.1 Å². The molecule has 1 rings (SSSR count). The maximum Gasteiger partial charge on any atom is 0.0710 e. The second kappa shape index (κ2) is 5.18. The highest BCUT2D eigenvalue weighted by molar-refractivity contribution is 6.22. The lowest BCUT2D eigenvalue weighted by Gasteiger charge is -2.27. The summed E-state index contributed by atoms with van der Waals surface area (Å²) in [5, 5.41) is -0.0626. The van der Waals surface area contributed by atoms with Crippen LogP contribution in [0.25, 0.3) is 0 Å². The molecule has 1 aromatic rings. The van der Waals surface area contributed by atoms with Gasteiger partial charge in [-0.25, -0.2) is 0 Å². The number of hydrogen-bond donors (Lipinski definition) is 0. The van der Waals surface area contributed by atoms with Crippen LogP contribution >= 0.6 is 11.6 Å². The third kappa shape index (κ3) is 2.60. The third-order valence-corrected chi connectivity index (χ3v) is 2.64. The minimum atomic E-state index is -0.0626. The summed E-state index contributed by atoms with van der Waals surface area (Å²) in [7, 11) is 4.05. The minimum Gasteiger partial charge on any atom is -0.301 e. The topological polar surface area (TPSA) is 3.24 Å². The molecule has 0 bridgehead atoms. The van der Waals surface area contributed by atoms with E-state index in [-0.39, 0.29) is 11.4 Å². The highest BCUT2D eigenvalue weighted by atomic mass is 35.5. The lowest BCUT2D eigenvalue weighted by molar-refractivity contribution is 0.305. The van der Waals surface area contributed by atoms with Gasteiger partial charge in [0.15, 0.2) is 0 Å². The second-order valence-corrected chi connectivity index (χ2v) is 4.00. The van der Waals surface area contributed by atoms with E-state index in [1.165, 1.54) is 5.56 Å². The monoisotopic (exact) mass is 209 g/mol. The van der Waals surface area contributed by atoms with E-state index in [0.717, 1.165) is 0 Å². The van der Waals surface area contributed by atoms with Gasteiger partial charge in [-0.05, 0) is 19.7 Å². The van der Waals surface area contributed by atoms with Gasteiger partial charge in [0.2, 0.25) is 0 Å². The van der Waals surface area contributed by atoms with Gasteiger partial charge >= 0.3 is 0 Å². The van der Waals surface area contributed by atoms with Crippen molar-refractivity contribution in [2.45, 2.75) is 11.4 Å². The summed E-state index contributed by atoms with van der Waals surface area (Å²) in [6, 6.07) is 10.4. The summed E-state index contributed by atoms with van der Waals surface area (Å²) >= 11 is 6.20. The van der Waals surface area contributed by atoms with Gasteiger partial charge in [-0.15, -0.1) is 18.2 Å². The Hall–Kier alpha value is -0.790. The molecule has 76 valence electrons. The second-order valence-electron chi connectivity index (χ2n) is 3.50. The van der Waals surface area contributed by atoms with Crippen LogP contribution in [0.4, 0.5) is 0 Å². The maximum absolute atomic E-state index is 6.20. The molecule has 0 saturated carbocycles. The normalized spacial score (nSPS) is 15.1. The van der Waals surface area contributed by atoms with E-state index in [0.29, 0.717) is 0 Å². The molecule has 0 aliphatic rings. The smallest absolute Gasteiger partial charge is 0.0710 e. The maximum atomic E-state index is 6.20. The van der Waals surface area contributed by atoms with E-state index >= 15 is 0 Å². The fraction of sp³-hybridized carbons (Fsp3) is 0.333. The summed E-state index contributed by atoms with van der Waals surface area (Å²) < 4.78 is 0. The van der Waals surface area contributed by atoms with Gasteiger partial charge in [0.1, 0.15) is 0 Å². The van der Waals surface area contributed by atoms with Crippen LogP contribution in [0.5, 0.6) is 0 Å². The standard InChI is InChI=1S/C12H16ClN/c1-4-11(13)12(14(2)3)10-8-6-5-7-9-10/h4-9,11-12H,1H2,2-3H3. The molecule has 0 aliphatic carbocycles. The van der Waals surface area contributed by atoms with Crippen LogP contribution in [0.15, 0.2) is 43.0 Å². The van der Waals surface area contributed by atoms with Crippen molar-refractivity contribution in [3.63, 3.8) is 0 Å². The fourth-order valence-electron chi connectivity index (χ4n) is 1.55. The van der Waals surface area contributed by atoms with E-state index in [1.54, 1.807) is 6.08 Å². The molecule has 0 heterocycles. The highest BCUT2D eigenvalue weighted by Gasteiger charge is 2.20. The zero-order valence-electron chi connectivity index (χ0n) is 8.65. The largest absolute Gasteiger partial charge is 0.301 e. The zero-order chi connectivity index (χ0) is 10.6. The summed E-state index contributed by atoms with van der Waals surface area (Å²) in [5.74, 6) is 0. The molecule has 2 atom stereocenters. The molecular weight excluding hydrogens is 194 g/mol. The predicted octanol–water partition coefficient (Wildman–Crippen LogP) is 3.08. The van der Waals surface area contributed by atoms with E-state index in [1.807, 2.05) is 32.3 Å². The molecule has 2 heteroatoms. The van der Waals surface area contributed by atoms with Crippen LogP contribution in [0, 0.1) is 0 Å². The quantitative estimate of drug-likeness (QED) is 0.544. The van der Waals surface area contributed by atoms with Crippen LogP contribution in [-0.2, 0) is 0 Å². The molecule has 0 N–H and O–H groups in total. The van der Waals surface area contributed by atoms with Crippen LogP contribution in [0.3, 0.4) is 0 Å². The Balaban J connectivity index is 2.94. The average molecular weight is 210 g/mol. The average Bonchev–Trinajstić information content (AvgIpc) is 2.19. The number of hydrogen-bond acceptors (Lipinski definition) is 1. The molecule has 1 aromatic carbocycles. The molecule has 2 unspecified atom stereocenters. The van der Waals surface area contributed by atoms with Gasteiger partial charge in [0.05, 0.1) is 11.4 Å². The lowest BCUT2D eigenvalue weighted by Crippen LogP contribution is -2.26. The number of rotatable bonds is 4. The number of alkyl halides is 1. The lowest BCUT2D eigenvalue weighted by atomic mass is 10.0. The fourth-order valence-corrected chi connectivity index (χ4v) is 1.92. The molecular formula is C12H16ClN. The Labute approximate surface area is 91.0 Å². The van der Waals surface area contributed by atoms with Crippen molar-refractivity contribution in [1.82, 2.24) is 4.90 Å². The summed E-state index contributed by atoms with van der Waals surface area (Å²) in [4.78, 5) is 2.11. The van der Waals surface area contributed by atoms with Crippen LogP contribution in [-0.4, -0.2) is 24.4 Å². The van der Waals surface area contributed by atoms with Crippen molar-refractivity contribution in [2.24, 2.45) is 0 Å². The van der Waals surface area contributed by atoms with Crippen molar-refractivity contribution in [1.29, 1.82) is 0 Å². The third-order valence-electron chi connectivity index (χ3n) is 2.22. The Morgan fingerprint density at radius 1 is 1.29 bits per heavy atom. The first kappa shape index (κ1) is 11.3. The molecule has 0 aliphatic heterocycles. The highest BCUT2D eigenvalue weighted by Crippen LogP contribution is 2.26. The summed E-state index contributed by atoms with van der Waals surface area (Å²) in [6.07, 6.45) is 1.78. The first-order chi connectivity index (χ1) is 6.66. The van der Waals surface area contributed by atoms with Gasteiger partial charge in [0, 0.05) is 0 Å². The zero-order valence-corrected chi connectivity index (χ0v) is 9.41. The SMILES string of the molecule is C=CC(Cl)C(c1ccccc1)N(C)C. The van der Waals surface area contributed by atoms with Crippen molar-refractivity contribution >= 4 is 11.6 Å². The molecule has 0 aromatic heterocycles. The Kier molecular flexibility index (Phi) is 4.18. The van der Waals surface area contributed by atoms with Gasteiger partial charge in [0.25, 0.3) is 0 Å². The summed E-state index contributed by atoms with van der Waals surface area (Å²) in [6.45, 7) is 3.73. The van der Waals surface area contributed by atoms with Crippen LogP contribution in [0.1, 0.15) is 11.6 Å². The number of benzene rings is 1. The number of nitrogens with zero attached hydrogens (tertiary/aromatic N) is 1. The molecule has 0 amide bonds. The number of halogens is 1. The molecule has 14 heavy (non-hydrogen) atoms. The molecule has 0 saturated heterocycles. The summed E-state index contributed by atoms with van der Waals surface area (Å²) in [5.41, 5.74) is 1.22. The Morgan fingerprint density at radius 2 is 1.86 bits per heavy atom. The van der Waals surface area contributed by atoms with Gasteiger partial charge in [-0.1, -0.05) is 36.4 Å². The molecule has 1 nitrogen and oxygen atoms in total. The molecule has 0 radical (unpaired) electrons. The minimum absolute atomic E-state index is 0.0626. The van der Waals surface area contributed by atoms with Crippen molar-refractivity contribution < 1.29 is 0 Å². The van der Waals surface area contributed by atoms with Gasteiger partial charge in [-0.2, -0.15) is 0 Å². The van der Waals surface area contributed by atoms with Crippen LogP contribution in [0.2, 0.25) is 0 Å². The van der Waals surface area contributed by atoms with E-state index in [2.05, 4.69) is 23.6 Å².